The first kappa shape index (κ1) is 13.1. The summed E-state index contributed by atoms with van der Waals surface area (Å²) in [5.41, 5.74) is 1.56. The molecule has 0 radical (unpaired) electrons. The van der Waals surface area contributed by atoms with E-state index in [1.54, 1.807) is 0 Å². The monoisotopic (exact) mass is 264 g/mol. The first-order chi connectivity index (χ1) is 8.51. The molecule has 0 aliphatic heterocycles. The van der Waals surface area contributed by atoms with Crippen LogP contribution in [0.25, 0.3) is 5.57 Å². The van der Waals surface area contributed by atoms with Gasteiger partial charge in [0.15, 0.2) is 14.8 Å². The fourth-order valence-electron chi connectivity index (χ4n) is 2.25. The van der Waals surface area contributed by atoms with Crippen LogP contribution >= 0.6 is 0 Å². The van der Waals surface area contributed by atoms with Crippen LogP contribution in [-0.2, 0) is 14.6 Å². The standard InChI is InChI=1S/C14H16O3S/c1-17-14(18(2,15)16)11-7-6-10-13(14)12-8-4-3-5-9-12/h3-10H,11H2,1-2H3. The minimum Gasteiger partial charge on any atom is -0.358 e. The summed E-state index contributed by atoms with van der Waals surface area (Å²) in [6, 6.07) is 9.46. The highest BCUT2D eigenvalue weighted by Gasteiger charge is 2.45. The lowest BCUT2D eigenvalue weighted by molar-refractivity contribution is 0.112. The predicted octanol–water partition coefficient (Wildman–Crippen LogP) is 2.42. The molecule has 0 N–H and O–H groups in total. The van der Waals surface area contributed by atoms with Gasteiger partial charge < -0.3 is 4.74 Å². The highest BCUT2D eigenvalue weighted by Crippen LogP contribution is 2.40. The highest BCUT2D eigenvalue weighted by molar-refractivity contribution is 7.92. The van der Waals surface area contributed by atoms with E-state index in [-0.39, 0.29) is 0 Å². The minimum absolute atomic E-state index is 0.336. The van der Waals surface area contributed by atoms with Gasteiger partial charge in [-0.2, -0.15) is 0 Å². The van der Waals surface area contributed by atoms with Crippen molar-refractivity contribution in [1.29, 1.82) is 0 Å². The Kier molecular flexibility index (Phi) is 3.41. The molecule has 1 aromatic rings. The number of ether oxygens (including phenoxy) is 1. The van der Waals surface area contributed by atoms with E-state index in [4.69, 9.17) is 4.74 Å². The second kappa shape index (κ2) is 4.71. The van der Waals surface area contributed by atoms with Gasteiger partial charge in [-0.05, 0) is 5.56 Å². The van der Waals surface area contributed by atoms with Gasteiger partial charge in [-0.1, -0.05) is 48.6 Å². The number of methoxy groups -OCH3 is 1. The molecular formula is C14H16O3S. The van der Waals surface area contributed by atoms with E-state index >= 15 is 0 Å². The van der Waals surface area contributed by atoms with Gasteiger partial charge in [0, 0.05) is 25.4 Å². The molecule has 0 heterocycles. The number of hydrogen-bond acceptors (Lipinski definition) is 3. The Balaban J connectivity index is 2.62. The molecule has 1 aliphatic rings. The van der Waals surface area contributed by atoms with Gasteiger partial charge in [0.1, 0.15) is 0 Å². The number of hydrogen-bond donors (Lipinski definition) is 0. The average Bonchev–Trinajstić information content (AvgIpc) is 2.38. The molecule has 1 atom stereocenters. The lowest BCUT2D eigenvalue weighted by Crippen LogP contribution is -2.41. The summed E-state index contributed by atoms with van der Waals surface area (Å²) in [6.07, 6.45) is 7.04. The molecule has 0 saturated heterocycles. The molecule has 96 valence electrons. The quantitative estimate of drug-likeness (QED) is 0.842. The second-order valence-electron chi connectivity index (χ2n) is 4.31. The smallest absolute Gasteiger partial charge is 0.197 e. The van der Waals surface area contributed by atoms with E-state index < -0.39 is 14.8 Å². The SMILES string of the molecule is COC1(S(C)(=O)=O)CC=CC=C1c1ccccc1. The van der Waals surface area contributed by atoms with Gasteiger partial charge in [-0.3, -0.25) is 0 Å². The van der Waals surface area contributed by atoms with Crippen molar-refractivity contribution in [3.05, 3.63) is 54.1 Å². The van der Waals surface area contributed by atoms with Crippen molar-refractivity contribution in [3.63, 3.8) is 0 Å². The van der Waals surface area contributed by atoms with Crippen LogP contribution in [0, 0.1) is 0 Å². The molecule has 4 heteroatoms. The van der Waals surface area contributed by atoms with Crippen molar-refractivity contribution in [1.82, 2.24) is 0 Å². The normalized spacial score (nSPS) is 23.8. The van der Waals surface area contributed by atoms with E-state index in [2.05, 4.69) is 0 Å². The van der Waals surface area contributed by atoms with Crippen LogP contribution in [0.2, 0.25) is 0 Å². The Labute approximate surface area is 108 Å². The topological polar surface area (TPSA) is 43.4 Å². The third-order valence-corrected chi connectivity index (χ3v) is 4.96. The Hall–Kier alpha value is -1.39. The second-order valence-corrected chi connectivity index (χ2v) is 6.51. The van der Waals surface area contributed by atoms with E-state index in [1.165, 1.54) is 13.4 Å². The van der Waals surface area contributed by atoms with Crippen LogP contribution in [-0.4, -0.2) is 26.7 Å². The van der Waals surface area contributed by atoms with Crippen LogP contribution in [0.5, 0.6) is 0 Å². The van der Waals surface area contributed by atoms with Crippen molar-refractivity contribution in [3.8, 4) is 0 Å². The number of sulfone groups is 1. The van der Waals surface area contributed by atoms with Gasteiger partial charge in [0.25, 0.3) is 0 Å². The van der Waals surface area contributed by atoms with Gasteiger partial charge >= 0.3 is 0 Å². The Morgan fingerprint density at radius 1 is 1.22 bits per heavy atom. The average molecular weight is 264 g/mol. The molecule has 0 fully saturated rings. The summed E-state index contributed by atoms with van der Waals surface area (Å²) < 4.78 is 29.6. The third-order valence-electron chi connectivity index (χ3n) is 3.21. The molecule has 1 aliphatic carbocycles. The zero-order valence-electron chi connectivity index (χ0n) is 10.5. The minimum atomic E-state index is -3.38. The molecule has 0 aromatic heterocycles. The fraction of sp³-hybridized carbons (Fsp3) is 0.286. The summed E-state index contributed by atoms with van der Waals surface area (Å²) in [4.78, 5) is -1.27. The van der Waals surface area contributed by atoms with Crippen LogP contribution in [0.1, 0.15) is 12.0 Å². The third kappa shape index (κ3) is 2.02. The maximum absolute atomic E-state index is 12.1. The maximum Gasteiger partial charge on any atom is 0.197 e. The van der Waals surface area contributed by atoms with Crippen LogP contribution in [0.4, 0.5) is 0 Å². The van der Waals surface area contributed by atoms with E-state index in [9.17, 15) is 8.42 Å². The molecule has 0 amide bonds. The first-order valence-corrected chi connectivity index (χ1v) is 7.58. The molecule has 1 aromatic carbocycles. The van der Waals surface area contributed by atoms with Gasteiger partial charge in [-0.25, -0.2) is 8.42 Å². The van der Waals surface area contributed by atoms with Crippen molar-refractivity contribution < 1.29 is 13.2 Å². The van der Waals surface area contributed by atoms with Crippen molar-refractivity contribution >= 4 is 15.4 Å². The van der Waals surface area contributed by atoms with Crippen LogP contribution in [0.3, 0.4) is 0 Å². The summed E-state index contributed by atoms with van der Waals surface area (Å²) in [5.74, 6) is 0. The summed E-state index contributed by atoms with van der Waals surface area (Å²) >= 11 is 0. The van der Waals surface area contributed by atoms with Crippen LogP contribution in [0.15, 0.2) is 48.6 Å². The van der Waals surface area contributed by atoms with Gasteiger partial charge in [-0.15, -0.1) is 0 Å². The molecule has 1 unspecified atom stereocenters. The lowest BCUT2D eigenvalue weighted by atomic mass is 9.94. The van der Waals surface area contributed by atoms with Crippen LogP contribution < -0.4 is 0 Å². The van der Waals surface area contributed by atoms with Crippen molar-refractivity contribution in [2.24, 2.45) is 0 Å². The maximum atomic E-state index is 12.1. The van der Waals surface area contributed by atoms with Crippen molar-refractivity contribution in [2.45, 2.75) is 11.4 Å². The predicted molar refractivity (Wildman–Crippen MR) is 72.8 cm³/mol. The van der Waals surface area contributed by atoms with E-state index in [0.29, 0.717) is 12.0 Å². The Morgan fingerprint density at radius 2 is 1.89 bits per heavy atom. The highest BCUT2D eigenvalue weighted by atomic mass is 32.2. The zero-order chi connectivity index (χ0) is 13.2. The first-order valence-electron chi connectivity index (χ1n) is 5.69. The summed E-state index contributed by atoms with van der Waals surface area (Å²) in [5, 5.41) is 0. The van der Waals surface area contributed by atoms with E-state index in [1.807, 2.05) is 48.6 Å². The molecule has 3 nitrogen and oxygen atoms in total. The summed E-state index contributed by atoms with van der Waals surface area (Å²) in [6.45, 7) is 0. The molecular weight excluding hydrogens is 248 g/mol. The molecule has 18 heavy (non-hydrogen) atoms. The molecule has 2 rings (SSSR count). The van der Waals surface area contributed by atoms with Gasteiger partial charge in [0.05, 0.1) is 0 Å². The fourth-order valence-corrected chi connectivity index (χ4v) is 3.54. The van der Waals surface area contributed by atoms with Crippen molar-refractivity contribution in [2.75, 3.05) is 13.4 Å². The zero-order valence-corrected chi connectivity index (χ0v) is 11.3. The Morgan fingerprint density at radius 3 is 2.44 bits per heavy atom. The van der Waals surface area contributed by atoms with Gasteiger partial charge in [0.2, 0.25) is 0 Å². The molecule has 0 bridgehead atoms. The summed E-state index contributed by atoms with van der Waals surface area (Å²) in [7, 11) is -1.94. The van der Waals surface area contributed by atoms with E-state index in [0.717, 1.165) is 5.56 Å². The molecule has 0 spiro atoms. The number of allylic oxidation sites excluding steroid dienone is 2. The lowest BCUT2D eigenvalue weighted by Gasteiger charge is -2.34. The molecule has 0 saturated carbocycles. The number of benzene rings is 1. The largest absolute Gasteiger partial charge is 0.358 e. The number of rotatable bonds is 3. The Bertz CT molecular complexity index is 585.